The van der Waals surface area contributed by atoms with E-state index in [-0.39, 0.29) is 28.3 Å². The summed E-state index contributed by atoms with van der Waals surface area (Å²) in [5.74, 6) is -1.07. The molecule has 0 bridgehead atoms. The van der Waals surface area contributed by atoms with Gasteiger partial charge in [-0.15, -0.1) is 0 Å². The lowest BCUT2D eigenvalue weighted by Crippen LogP contribution is -2.46. The molecule has 5 nitrogen and oxygen atoms in total. The van der Waals surface area contributed by atoms with Gasteiger partial charge in [0.2, 0.25) is 0 Å². The van der Waals surface area contributed by atoms with E-state index in [2.05, 4.69) is 5.32 Å². The van der Waals surface area contributed by atoms with Crippen molar-refractivity contribution in [2.75, 3.05) is 13.1 Å². The zero-order chi connectivity index (χ0) is 17.1. The molecule has 3 rings (SSSR count). The molecule has 1 aromatic carbocycles. The van der Waals surface area contributed by atoms with Crippen molar-refractivity contribution in [1.29, 1.82) is 0 Å². The van der Waals surface area contributed by atoms with Crippen molar-refractivity contribution < 1.29 is 18.4 Å². The van der Waals surface area contributed by atoms with E-state index in [1.807, 2.05) is 0 Å². The lowest BCUT2D eigenvalue weighted by Gasteiger charge is -2.32. The van der Waals surface area contributed by atoms with Crippen LogP contribution in [0.1, 0.15) is 33.8 Å². The van der Waals surface area contributed by atoms with Gasteiger partial charge in [-0.3, -0.25) is 9.59 Å². The highest BCUT2D eigenvalue weighted by atomic mass is 35.5. The summed E-state index contributed by atoms with van der Waals surface area (Å²) >= 11 is 5.94. The normalized spacial score (nSPS) is 15.3. The summed E-state index contributed by atoms with van der Waals surface area (Å²) in [6.45, 7) is 0.846. The summed E-state index contributed by atoms with van der Waals surface area (Å²) in [5, 5.41) is 2.98. The molecule has 2 aromatic rings. The molecule has 1 aromatic heterocycles. The number of benzene rings is 1. The molecule has 2 amide bonds. The lowest BCUT2D eigenvalue weighted by molar-refractivity contribution is 0.0691. The van der Waals surface area contributed by atoms with E-state index in [1.54, 1.807) is 17.0 Å². The van der Waals surface area contributed by atoms with Crippen molar-refractivity contribution in [2.45, 2.75) is 18.9 Å². The van der Waals surface area contributed by atoms with Gasteiger partial charge in [-0.1, -0.05) is 17.7 Å². The topological polar surface area (TPSA) is 62.6 Å². The van der Waals surface area contributed by atoms with Crippen molar-refractivity contribution >= 4 is 23.4 Å². The summed E-state index contributed by atoms with van der Waals surface area (Å²) in [5.41, 5.74) is -0.0998. The molecule has 0 atom stereocenters. The van der Waals surface area contributed by atoms with E-state index < -0.39 is 11.7 Å². The quantitative estimate of drug-likeness (QED) is 0.925. The lowest BCUT2D eigenvalue weighted by atomic mass is 10.0. The van der Waals surface area contributed by atoms with Gasteiger partial charge in [-0.05, 0) is 37.1 Å². The summed E-state index contributed by atoms with van der Waals surface area (Å²) in [6, 6.07) is 7.36. The number of piperidine rings is 1. The van der Waals surface area contributed by atoms with Gasteiger partial charge < -0.3 is 14.6 Å². The Morgan fingerprint density at radius 3 is 2.58 bits per heavy atom. The third-order valence-corrected chi connectivity index (χ3v) is 4.35. The molecule has 1 aliphatic rings. The van der Waals surface area contributed by atoms with Crippen molar-refractivity contribution in [3.05, 3.63) is 58.8 Å². The average Bonchev–Trinajstić information content (AvgIpc) is 3.10. The summed E-state index contributed by atoms with van der Waals surface area (Å²) in [7, 11) is 0. The van der Waals surface area contributed by atoms with E-state index >= 15 is 0 Å². The third kappa shape index (κ3) is 3.43. The Labute approximate surface area is 143 Å². The van der Waals surface area contributed by atoms with E-state index in [4.69, 9.17) is 16.0 Å². The van der Waals surface area contributed by atoms with Gasteiger partial charge in [0.05, 0.1) is 16.8 Å². The number of furan rings is 1. The largest absolute Gasteiger partial charge is 0.459 e. The fraction of sp³-hybridized carbons (Fsp3) is 0.294. The van der Waals surface area contributed by atoms with Crippen LogP contribution in [0.25, 0.3) is 0 Å². The molecule has 0 unspecified atom stereocenters. The summed E-state index contributed by atoms with van der Waals surface area (Å²) in [4.78, 5) is 26.0. The average molecular weight is 351 g/mol. The van der Waals surface area contributed by atoms with Crippen LogP contribution >= 0.6 is 11.6 Å². The van der Waals surface area contributed by atoms with Crippen LogP contribution in [0.15, 0.2) is 41.0 Å². The van der Waals surface area contributed by atoms with Crippen LogP contribution < -0.4 is 5.32 Å². The maximum atomic E-state index is 13.9. The van der Waals surface area contributed by atoms with Crippen molar-refractivity contribution in [1.82, 2.24) is 10.2 Å². The first-order chi connectivity index (χ1) is 11.6. The number of rotatable bonds is 3. The first kappa shape index (κ1) is 16.5. The van der Waals surface area contributed by atoms with Crippen LogP contribution in [-0.2, 0) is 0 Å². The second kappa shape index (κ2) is 7.05. The predicted octanol–water partition coefficient (Wildman–Crippen LogP) is 3.11. The van der Waals surface area contributed by atoms with Crippen molar-refractivity contribution in [3.63, 3.8) is 0 Å². The van der Waals surface area contributed by atoms with E-state index in [0.717, 1.165) is 0 Å². The van der Waals surface area contributed by atoms with Crippen LogP contribution in [0.3, 0.4) is 0 Å². The van der Waals surface area contributed by atoms with Gasteiger partial charge >= 0.3 is 0 Å². The molecular weight excluding hydrogens is 335 g/mol. The second-order valence-electron chi connectivity index (χ2n) is 5.61. The molecule has 0 saturated carbocycles. The van der Waals surface area contributed by atoms with E-state index in [1.165, 1.54) is 24.5 Å². The first-order valence-corrected chi connectivity index (χ1v) is 8.01. The Morgan fingerprint density at radius 2 is 1.96 bits per heavy atom. The van der Waals surface area contributed by atoms with Crippen LogP contribution in [0.4, 0.5) is 4.39 Å². The highest BCUT2D eigenvalue weighted by Crippen LogP contribution is 2.23. The molecule has 1 N–H and O–H groups in total. The highest BCUT2D eigenvalue weighted by molar-refractivity contribution is 6.33. The Kier molecular flexibility index (Phi) is 4.85. The van der Waals surface area contributed by atoms with Gasteiger partial charge in [0, 0.05) is 19.1 Å². The van der Waals surface area contributed by atoms with Gasteiger partial charge in [-0.2, -0.15) is 0 Å². The Balaban J connectivity index is 1.59. The maximum absolute atomic E-state index is 13.9. The minimum atomic E-state index is -0.624. The number of likely N-dealkylation sites (tertiary alicyclic amines) is 1. The van der Waals surface area contributed by atoms with Crippen molar-refractivity contribution in [3.8, 4) is 0 Å². The third-order valence-electron chi connectivity index (χ3n) is 4.04. The number of carbonyl (C=O) groups excluding carboxylic acids is 2. The molecule has 0 aliphatic carbocycles. The van der Waals surface area contributed by atoms with Crippen LogP contribution in [-0.4, -0.2) is 35.8 Å². The first-order valence-electron chi connectivity index (χ1n) is 7.64. The number of hydrogen-bond acceptors (Lipinski definition) is 3. The van der Waals surface area contributed by atoms with Crippen molar-refractivity contribution in [2.24, 2.45) is 0 Å². The number of hydrogen-bond donors (Lipinski definition) is 1. The summed E-state index contributed by atoms with van der Waals surface area (Å²) < 4.78 is 18.9. The molecule has 0 spiro atoms. The fourth-order valence-corrected chi connectivity index (χ4v) is 3.00. The van der Waals surface area contributed by atoms with Gasteiger partial charge in [-0.25, -0.2) is 4.39 Å². The van der Waals surface area contributed by atoms with Crippen LogP contribution in [0.5, 0.6) is 0 Å². The van der Waals surface area contributed by atoms with Crippen LogP contribution in [0.2, 0.25) is 5.02 Å². The molecule has 2 heterocycles. The molecule has 7 heteroatoms. The number of carbonyl (C=O) groups is 2. The van der Waals surface area contributed by atoms with Gasteiger partial charge in [0.25, 0.3) is 11.8 Å². The molecular formula is C17H16ClFN2O3. The highest BCUT2D eigenvalue weighted by Gasteiger charge is 2.27. The molecule has 1 fully saturated rings. The Hall–Kier alpha value is -2.34. The number of amides is 2. The zero-order valence-corrected chi connectivity index (χ0v) is 13.6. The second-order valence-corrected chi connectivity index (χ2v) is 6.02. The maximum Gasteiger partial charge on any atom is 0.287 e. The molecule has 24 heavy (non-hydrogen) atoms. The molecule has 126 valence electrons. The molecule has 1 saturated heterocycles. The van der Waals surface area contributed by atoms with Gasteiger partial charge in [0.1, 0.15) is 5.82 Å². The number of halogens is 2. The summed E-state index contributed by atoms with van der Waals surface area (Å²) in [6.07, 6.45) is 2.61. The standard InChI is InChI=1S/C17H16ClFN2O3/c18-12-3-1-4-13(19)15(12)17(23)21-8-6-11(7-9-21)20-16(22)14-5-2-10-24-14/h1-5,10-11H,6-9H2,(H,20,22). The molecule has 0 radical (unpaired) electrons. The van der Waals surface area contributed by atoms with E-state index in [0.29, 0.717) is 25.9 Å². The minimum Gasteiger partial charge on any atom is -0.459 e. The van der Waals surface area contributed by atoms with E-state index in [9.17, 15) is 14.0 Å². The van der Waals surface area contributed by atoms with Crippen LogP contribution in [0, 0.1) is 5.82 Å². The zero-order valence-electron chi connectivity index (χ0n) is 12.8. The van der Waals surface area contributed by atoms with Gasteiger partial charge in [0.15, 0.2) is 5.76 Å². The monoisotopic (exact) mass is 350 g/mol. The minimum absolute atomic E-state index is 0.0530. The number of nitrogens with zero attached hydrogens (tertiary/aromatic N) is 1. The Morgan fingerprint density at radius 1 is 1.21 bits per heavy atom. The fourth-order valence-electron chi connectivity index (χ4n) is 2.75. The number of nitrogens with one attached hydrogen (secondary N) is 1. The predicted molar refractivity (Wildman–Crippen MR) is 86.5 cm³/mol. The molecule has 1 aliphatic heterocycles. The Bertz CT molecular complexity index is 720. The SMILES string of the molecule is O=C(NC1CCN(C(=O)c2c(F)cccc2Cl)CC1)c1ccco1. The smallest absolute Gasteiger partial charge is 0.287 e.